The number of amides is 2. The summed E-state index contributed by atoms with van der Waals surface area (Å²) in [7, 11) is 0. The molecule has 0 bridgehead atoms. The van der Waals surface area contributed by atoms with E-state index in [1.807, 2.05) is 36.4 Å². The summed E-state index contributed by atoms with van der Waals surface area (Å²) >= 11 is 3.44. The van der Waals surface area contributed by atoms with E-state index in [1.165, 1.54) is 5.56 Å². The van der Waals surface area contributed by atoms with Crippen molar-refractivity contribution in [3.05, 3.63) is 64.1 Å². The number of hydrogen-bond donors (Lipinski definition) is 1. The Balaban J connectivity index is 1.32. The second kappa shape index (κ2) is 9.94. The standard InChI is InChI=1S/C24H28BrN3O3/c1-17-15-27(10-11-31-17)16-19-5-2-4-18(12-19)14-26-23(29)22-8-9-28(24(22)30)21-7-3-6-20(25)13-21/h2-7,12-13,17,22H,8-11,14-16H2,1H3,(H,26,29). The summed E-state index contributed by atoms with van der Waals surface area (Å²) in [5.41, 5.74) is 3.08. The fourth-order valence-electron chi connectivity index (χ4n) is 4.27. The zero-order valence-corrected chi connectivity index (χ0v) is 19.3. The minimum Gasteiger partial charge on any atom is -0.376 e. The summed E-state index contributed by atoms with van der Waals surface area (Å²) in [5.74, 6) is -0.960. The van der Waals surface area contributed by atoms with E-state index in [1.54, 1.807) is 4.90 Å². The van der Waals surface area contributed by atoms with Gasteiger partial charge in [0.05, 0.1) is 12.7 Å². The highest BCUT2D eigenvalue weighted by Gasteiger charge is 2.37. The fourth-order valence-corrected chi connectivity index (χ4v) is 4.65. The van der Waals surface area contributed by atoms with Gasteiger partial charge in [-0.15, -0.1) is 0 Å². The van der Waals surface area contributed by atoms with Crippen LogP contribution in [0.1, 0.15) is 24.5 Å². The monoisotopic (exact) mass is 485 g/mol. The Hall–Kier alpha value is -2.22. The van der Waals surface area contributed by atoms with Gasteiger partial charge >= 0.3 is 0 Å². The third kappa shape index (κ3) is 5.53. The van der Waals surface area contributed by atoms with Gasteiger partial charge in [-0.25, -0.2) is 0 Å². The van der Waals surface area contributed by atoms with Gasteiger partial charge in [0, 0.05) is 42.9 Å². The Labute approximate surface area is 191 Å². The van der Waals surface area contributed by atoms with Crippen LogP contribution in [-0.4, -0.2) is 49.1 Å². The van der Waals surface area contributed by atoms with Crippen LogP contribution in [0, 0.1) is 5.92 Å². The minimum atomic E-state index is -0.628. The van der Waals surface area contributed by atoms with Crippen molar-refractivity contribution < 1.29 is 14.3 Å². The molecule has 0 radical (unpaired) electrons. The molecule has 0 aliphatic carbocycles. The molecule has 2 aliphatic heterocycles. The van der Waals surface area contributed by atoms with Gasteiger partial charge in [-0.1, -0.05) is 46.3 Å². The predicted molar refractivity (Wildman–Crippen MR) is 124 cm³/mol. The van der Waals surface area contributed by atoms with Crippen molar-refractivity contribution in [3.63, 3.8) is 0 Å². The highest BCUT2D eigenvalue weighted by atomic mass is 79.9. The molecule has 2 aromatic carbocycles. The van der Waals surface area contributed by atoms with Gasteiger partial charge in [0.15, 0.2) is 0 Å². The summed E-state index contributed by atoms with van der Waals surface area (Å²) in [5, 5.41) is 2.96. The van der Waals surface area contributed by atoms with Crippen molar-refractivity contribution in [1.29, 1.82) is 0 Å². The van der Waals surface area contributed by atoms with E-state index in [0.717, 1.165) is 42.0 Å². The molecule has 2 saturated heterocycles. The molecular formula is C24H28BrN3O3. The largest absolute Gasteiger partial charge is 0.376 e. The number of hydrogen-bond acceptors (Lipinski definition) is 4. The van der Waals surface area contributed by atoms with Crippen molar-refractivity contribution in [3.8, 4) is 0 Å². The Morgan fingerprint density at radius 3 is 2.77 bits per heavy atom. The first-order chi connectivity index (χ1) is 15.0. The molecule has 0 aromatic heterocycles. The topological polar surface area (TPSA) is 61.9 Å². The highest BCUT2D eigenvalue weighted by molar-refractivity contribution is 9.10. The van der Waals surface area contributed by atoms with Crippen molar-refractivity contribution >= 4 is 33.4 Å². The van der Waals surface area contributed by atoms with Crippen LogP contribution >= 0.6 is 15.9 Å². The molecule has 1 N–H and O–H groups in total. The SMILES string of the molecule is CC1CN(Cc2cccc(CNC(=O)C3CCN(c4cccc(Br)c4)C3=O)c2)CCO1. The zero-order valence-electron chi connectivity index (χ0n) is 17.7. The molecular weight excluding hydrogens is 458 g/mol. The molecule has 2 amide bonds. The van der Waals surface area contributed by atoms with E-state index < -0.39 is 5.92 Å². The molecule has 7 heteroatoms. The Bertz CT molecular complexity index is 951. The van der Waals surface area contributed by atoms with Gasteiger partial charge in [-0.3, -0.25) is 14.5 Å². The predicted octanol–water partition coefficient (Wildman–Crippen LogP) is 3.34. The average Bonchev–Trinajstić information content (AvgIpc) is 3.14. The third-order valence-corrected chi connectivity index (χ3v) is 6.32. The number of ether oxygens (including phenoxy) is 1. The van der Waals surface area contributed by atoms with Crippen LogP contribution in [0.3, 0.4) is 0 Å². The number of halogens is 1. The first kappa shape index (κ1) is 22.0. The van der Waals surface area contributed by atoms with Crippen molar-refractivity contribution in [2.24, 2.45) is 5.92 Å². The van der Waals surface area contributed by atoms with Crippen LogP contribution in [0.5, 0.6) is 0 Å². The Morgan fingerprint density at radius 2 is 1.97 bits per heavy atom. The molecule has 2 unspecified atom stereocenters. The molecule has 2 fully saturated rings. The lowest BCUT2D eigenvalue weighted by molar-refractivity contribution is -0.132. The normalized spacial score (nSPS) is 22.0. The van der Waals surface area contributed by atoms with Gasteiger partial charge in [0.2, 0.25) is 11.8 Å². The minimum absolute atomic E-state index is 0.134. The second-order valence-corrected chi connectivity index (χ2v) is 9.18. The lowest BCUT2D eigenvalue weighted by atomic mass is 10.1. The van der Waals surface area contributed by atoms with E-state index in [4.69, 9.17) is 4.74 Å². The lowest BCUT2D eigenvalue weighted by Gasteiger charge is -2.31. The molecule has 164 valence electrons. The molecule has 6 nitrogen and oxygen atoms in total. The van der Waals surface area contributed by atoms with Gasteiger partial charge in [-0.05, 0) is 42.7 Å². The van der Waals surface area contributed by atoms with Crippen LogP contribution in [0.2, 0.25) is 0 Å². The molecule has 0 spiro atoms. The van der Waals surface area contributed by atoms with Crippen LogP contribution < -0.4 is 10.2 Å². The molecule has 31 heavy (non-hydrogen) atoms. The number of benzene rings is 2. The number of nitrogens with one attached hydrogen (secondary N) is 1. The van der Waals surface area contributed by atoms with Crippen molar-refractivity contribution in [2.75, 3.05) is 31.1 Å². The number of rotatable bonds is 6. The quantitative estimate of drug-likeness (QED) is 0.637. The van der Waals surface area contributed by atoms with E-state index in [-0.39, 0.29) is 17.9 Å². The van der Waals surface area contributed by atoms with E-state index >= 15 is 0 Å². The first-order valence-electron chi connectivity index (χ1n) is 10.8. The van der Waals surface area contributed by atoms with Crippen molar-refractivity contribution in [2.45, 2.75) is 32.5 Å². The lowest BCUT2D eigenvalue weighted by Crippen LogP contribution is -2.40. The van der Waals surface area contributed by atoms with Gasteiger partial charge in [0.1, 0.15) is 5.92 Å². The maximum Gasteiger partial charge on any atom is 0.239 e. The second-order valence-electron chi connectivity index (χ2n) is 8.27. The van der Waals surface area contributed by atoms with Gasteiger partial charge in [0.25, 0.3) is 0 Å². The number of nitrogens with zero attached hydrogens (tertiary/aromatic N) is 2. The number of morpholine rings is 1. The Kier molecular flexibility index (Phi) is 7.05. The zero-order chi connectivity index (χ0) is 21.8. The molecule has 4 rings (SSSR count). The maximum atomic E-state index is 12.8. The van der Waals surface area contributed by atoms with Crippen LogP contribution in [0.4, 0.5) is 5.69 Å². The molecule has 0 saturated carbocycles. The fraction of sp³-hybridized carbons (Fsp3) is 0.417. The average molecular weight is 486 g/mol. The van der Waals surface area contributed by atoms with E-state index in [0.29, 0.717) is 19.5 Å². The molecule has 2 atom stereocenters. The number of carbonyl (C=O) groups excluding carboxylic acids is 2. The molecule has 2 aliphatic rings. The summed E-state index contributed by atoms with van der Waals surface area (Å²) in [6.07, 6.45) is 0.795. The van der Waals surface area contributed by atoms with Gasteiger partial charge < -0.3 is 15.0 Å². The van der Waals surface area contributed by atoms with E-state index in [9.17, 15) is 9.59 Å². The number of carbonyl (C=O) groups is 2. The smallest absolute Gasteiger partial charge is 0.239 e. The van der Waals surface area contributed by atoms with Crippen LogP contribution in [-0.2, 0) is 27.4 Å². The van der Waals surface area contributed by atoms with Crippen LogP contribution in [0.15, 0.2) is 53.0 Å². The maximum absolute atomic E-state index is 12.8. The van der Waals surface area contributed by atoms with Crippen molar-refractivity contribution in [1.82, 2.24) is 10.2 Å². The summed E-state index contributed by atoms with van der Waals surface area (Å²) in [4.78, 5) is 29.6. The molecule has 2 aromatic rings. The number of anilines is 1. The summed E-state index contributed by atoms with van der Waals surface area (Å²) in [6, 6.07) is 15.9. The third-order valence-electron chi connectivity index (χ3n) is 5.83. The van der Waals surface area contributed by atoms with E-state index in [2.05, 4.69) is 45.2 Å². The first-order valence-corrected chi connectivity index (χ1v) is 11.6. The van der Waals surface area contributed by atoms with Crippen LogP contribution in [0.25, 0.3) is 0 Å². The Morgan fingerprint density at radius 1 is 1.16 bits per heavy atom. The summed E-state index contributed by atoms with van der Waals surface area (Å²) in [6.45, 7) is 6.58. The highest BCUT2D eigenvalue weighted by Crippen LogP contribution is 2.27. The summed E-state index contributed by atoms with van der Waals surface area (Å²) < 4.78 is 6.52. The van der Waals surface area contributed by atoms with Gasteiger partial charge in [-0.2, -0.15) is 0 Å². The molecule has 2 heterocycles.